The molecule has 0 aromatic heterocycles. The van der Waals surface area contributed by atoms with Gasteiger partial charge in [-0.25, -0.2) is 0 Å². The third kappa shape index (κ3) is 5.06. The molecule has 2 aliphatic carbocycles. The highest BCUT2D eigenvalue weighted by Gasteiger charge is 2.50. The second kappa shape index (κ2) is 10.2. The van der Waals surface area contributed by atoms with E-state index in [4.69, 9.17) is 8.85 Å². The topological polar surface area (TPSA) is 18.5 Å². The van der Waals surface area contributed by atoms with Crippen LogP contribution in [0.25, 0.3) is 0 Å². The molecule has 0 radical (unpaired) electrons. The van der Waals surface area contributed by atoms with Gasteiger partial charge in [0.15, 0.2) is 0 Å². The molecule has 2 saturated carbocycles. The summed E-state index contributed by atoms with van der Waals surface area (Å²) in [5.41, 5.74) is 0. The lowest BCUT2D eigenvalue weighted by Gasteiger charge is -2.49. The molecule has 0 atom stereocenters. The monoisotopic (exact) mass is 340 g/mol. The van der Waals surface area contributed by atoms with Crippen molar-refractivity contribution < 1.29 is 8.85 Å². The van der Waals surface area contributed by atoms with Crippen molar-refractivity contribution >= 4 is 9.28 Å². The smallest absolute Gasteiger partial charge is 0.328 e. The van der Waals surface area contributed by atoms with Gasteiger partial charge in [-0.05, 0) is 24.7 Å². The maximum atomic E-state index is 6.48. The Morgan fingerprint density at radius 3 is 1.48 bits per heavy atom. The molecule has 2 rings (SSSR count). The summed E-state index contributed by atoms with van der Waals surface area (Å²) in [4.78, 5) is 0. The first kappa shape index (κ1) is 19.5. The van der Waals surface area contributed by atoms with E-state index < -0.39 is 9.28 Å². The van der Waals surface area contributed by atoms with Gasteiger partial charge in [0.25, 0.3) is 0 Å². The van der Waals surface area contributed by atoms with Gasteiger partial charge in [0.05, 0.1) is 0 Å². The van der Waals surface area contributed by atoms with Crippen LogP contribution in [0.5, 0.6) is 0 Å². The van der Waals surface area contributed by atoms with E-state index in [1.807, 2.05) is 0 Å². The van der Waals surface area contributed by atoms with Crippen molar-refractivity contribution in [3.05, 3.63) is 0 Å². The first-order valence-corrected chi connectivity index (χ1v) is 12.0. The van der Waals surface area contributed by atoms with Crippen molar-refractivity contribution in [1.29, 1.82) is 0 Å². The standard InChI is InChI=1S/C20H40O2Si/c1-4-16-21-23(22-17-5-2)20(3,18-12-8-6-9-13-18)19-14-10-7-11-15-19/h18-19,23H,4-17H2,1-3H3. The molecule has 136 valence electrons. The summed E-state index contributed by atoms with van der Waals surface area (Å²) < 4.78 is 13.0. The summed E-state index contributed by atoms with van der Waals surface area (Å²) in [5.74, 6) is 1.70. The van der Waals surface area contributed by atoms with Crippen LogP contribution in [0, 0.1) is 11.8 Å². The zero-order valence-corrected chi connectivity index (χ0v) is 17.1. The predicted octanol–water partition coefficient (Wildman–Crippen LogP) is 5.98. The van der Waals surface area contributed by atoms with Crippen molar-refractivity contribution in [2.45, 2.75) is 103 Å². The van der Waals surface area contributed by atoms with Crippen LogP contribution < -0.4 is 0 Å². The predicted molar refractivity (Wildman–Crippen MR) is 101 cm³/mol. The molecule has 23 heavy (non-hydrogen) atoms. The minimum atomic E-state index is -1.65. The summed E-state index contributed by atoms with van der Waals surface area (Å²) in [5, 5.41) is 0.352. The molecule has 0 amide bonds. The maximum absolute atomic E-state index is 6.48. The van der Waals surface area contributed by atoms with Crippen LogP contribution in [0.3, 0.4) is 0 Å². The molecular weight excluding hydrogens is 300 g/mol. The van der Waals surface area contributed by atoms with Gasteiger partial charge in [-0.1, -0.05) is 85.0 Å². The van der Waals surface area contributed by atoms with E-state index in [1.165, 1.54) is 64.2 Å². The SMILES string of the molecule is CCCO[SiH](OCCC)C(C)(C1CCCCC1)C1CCCCC1. The Morgan fingerprint density at radius 1 is 0.739 bits per heavy atom. The Morgan fingerprint density at radius 2 is 1.13 bits per heavy atom. The lowest BCUT2D eigenvalue weighted by atomic mass is 9.69. The van der Waals surface area contributed by atoms with Gasteiger partial charge in [-0.2, -0.15) is 0 Å². The van der Waals surface area contributed by atoms with Crippen LogP contribution in [0.1, 0.15) is 97.8 Å². The summed E-state index contributed by atoms with van der Waals surface area (Å²) in [7, 11) is -1.65. The molecule has 3 heteroatoms. The van der Waals surface area contributed by atoms with Gasteiger partial charge >= 0.3 is 9.28 Å². The van der Waals surface area contributed by atoms with E-state index in [1.54, 1.807) is 0 Å². The fraction of sp³-hybridized carbons (Fsp3) is 1.00. The number of rotatable bonds is 9. The molecule has 0 aromatic carbocycles. The van der Waals surface area contributed by atoms with Crippen LogP contribution in [-0.4, -0.2) is 22.5 Å². The number of hydrogen-bond donors (Lipinski definition) is 0. The molecule has 0 aliphatic heterocycles. The van der Waals surface area contributed by atoms with E-state index in [2.05, 4.69) is 20.8 Å². The van der Waals surface area contributed by atoms with Crippen LogP contribution in [0.15, 0.2) is 0 Å². The average molecular weight is 341 g/mol. The second-order valence-electron chi connectivity index (χ2n) is 8.11. The van der Waals surface area contributed by atoms with E-state index in [0.717, 1.165) is 37.9 Å². The molecule has 0 spiro atoms. The van der Waals surface area contributed by atoms with Gasteiger partial charge in [-0.3, -0.25) is 0 Å². The molecule has 0 aromatic rings. The van der Waals surface area contributed by atoms with Crippen molar-refractivity contribution in [2.75, 3.05) is 13.2 Å². The Hall–Kier alpha value is 0.137. The van der Waals surface area contributed by atoms with Crippen LogP contribution in [0.2, 0.25) is 5.04 Å². The lowest BCUT2D eigenvalue weighted by molar-refractivity contribution is 0.0952. The van der Waals surface area contributed by atoms with Crippen LogP contribution >= 0.6 is 0 Å². The molecular formula is C20H40O2Si. The zero-order valence-electron chi connectivity index (χ0n) is 15.9. The van der Waals surface area contributed by atoms with Gasteiger partial charge in [0.2, 0.25) is 0 Å². The largest absolute Gasteiger partial charge is 0.396 e. The first-order chi connectivity index (χ1) is 11.2. The van der Waals surface area contributed by atoms with Crippen molar-refractivity contribution in [3.8, 4) is 0 Å². The summed E-state index contributed by atoms with van der Waals surface area (Å²) in [6.45, 7) is 8.83. The molecule has 0 saturated heterocycles. The molecule has 0 N–H and O–H groups in total. The Kier molecular flexibility index (Phi) is 8.63. The normalized spacial score (nSPS) is 21.9. The molecule has 0 heterocycles. The summed E-state index contributed by atoms with van der Waals surface area (Å²) in [6, 6.07) is 0. The second-order valence-corrected chi connectivity index (χ2v) is 10.7. The Labute approximate surface area is 146 Å². The highest BCUT2D eigenvalue weighted by atomic mass is 28.3. The maximum Gasteiger partial charge on any atom is 0.328 e. The summed E-state index contributed by atoms with van der Waals surface area (Å²) in [6.07, 6.45) is 16.5. The van der Waals surface area contributed by atoms with E-state index in [9.17, 15) is 0 Å². The van der Waals surface area contributed by atoms with Crippen LogP contribution in [0.4, 0.5) is 0 Å². The van der Waals surface area contributed by atoms with Gasteiger partial charge in [0, 0.05) is 18.3 Å². The Bertz CT molecular complexity index is 283. The van der Waals surface area contributed by atoms with Crippen molar-refractivity contribution in [2.24, 2.45) is 11.8 Å². The molecule has 2 fully saturated rings. The lowest BCUT2D eigenvalue weighted by Crippen LogP contribution is -2.47. The molecule has 0 unspecified atom stereocenters. The highest BCUT2D eigenvalue weighted by molar-refractivity contribution is 6.48. The average Bonchev–Trinajstić information content (AvgIpc) is 2.62. The van der Waals surface area contributed by atoms with Crippen LogP contribution in [-0.2, 0) is 8.85 Å². The summed E-state index contributed by atoms with van der Waals surface area (Å²) >= 11 is 0. The highest BCUT2D eigenvalue weighted by Crippen LogP contribution is 2.56. The number of hydrogen-bond acceptors (Lipinski definition) is 2. The molecule has 2 nitrogen and oxygen atoms in total. The fourth-order valence-corrected chi connectivity index (χ4v) is 8.17. The van der Waals surface area contributed by atoms with E-state index >= 15 is 0 Å². The minimum Gasteiger partial charge on any atom is -0.396 e. The van der Waals surface area contributed by atoms with Gasteiger partial charge in [0.1, 0.15) is 0 Å². The first-order valence-electron chi connectivity index (χ1n) is 10.5. The molecule has 0 bridgehead atoms. The third-order valence-electron chi connectivity index (χ3n) is 6.42. The van der Waals surface area contributed by atoms with Gasteiger partial charge in [-0.15, -0.1) is 0 Å². The van der Waals surface area contributed by atoms with E-state index in [0.29, 0.717) is 5.04 Å². The van der Waals surface area contributed by atoms with Gasteiger partial charge < -0.3 is 8.85 Å². The fourth-order valence-electron chi connectivity index (χ4n) is 5.02. The van der Waals surface area contributed by atoms with Crippen molar-refractivity contribution in [1.82, 2.24) is 0 Å². The van der Waals surface area contributed by atoms with Crippen molar-refractivity contribution in [3.63, 3.8) is 0 Å². The zero-order chi connectivity index (χ0) is 16.5. The molecule has 2 aliphatic rings. The van der Waals surface area contributed by atoms with E-state index in [-0.39, 0.29) is 0 Å². The quantitative estimate of drug-likeness (QED) is 0.481. The third-order valence-corrected chi connectivity index (χ3v) is 9.46. The Balaban J connectivity index is 2.19. The minimum absolute atomic E-state index is 0.352.